The summed E-state index contributed by atoms with van der Waals surface area (Å²) in [5.74, 6) is 0.386. The number of anilines is 1. The molecule has 0 fully saturated rings. The molecule has 2 aromatic carbocycles. The lowest BCUT2D eigenvalue weighted by molar-refractivity contribution is 0.102. The summed E-state index contributed by atoms with van der Waals surface area (Å²) in [6.07, 6.45) is 0. The van der Waals surface area contributed by atoms with Crippen LogP contribution >= 0.6 is 34.5 Å². The van der Waals surface area contributed by atoms with Crippen LogP contribution in [0.5, 0.6) is 0 Å². The first-order valence-corrected chi connectivity index (χ1v) is 9.79. The minimum Gasteiger partial charge on any atom is -0.307 e. The van der Waals surface area contributed by atoms with Gasteiger partial charge in [-0.2, -0.15) is 5.10 Å². The zero-order valence-electron chi connectivity index (χ0n) is 14.6. The Bertz CT molecular complexity index is 1180. The summed E-state index contributed by atoms with van der Waals surface area (Å²) in [5, 5.41) is 9.83. The average molecular weight is 416 g/mol. The van der Waals surface area contributed by atoms with Gasteiger partial charge in [0.05, 0.1) is 4.88 Å². The fraction of sp³-hybridized carbons (Fsp3) is 0.100. The molecule has 1 N–H and O–H groups in total. The van der Waals surface area contributed by atoms with Crippen molar-refractivity contribution in [3.63, 3.8) is 0 Å². The van der Waals surface area contributed by atoms with Crippen LogP contribution in [0.25, 0.3) is 20.7 Å². The van der Waals surface area contributed by atoms with Gasteiger partial charge in [-0.3, -0.25) is 9.48 Å². The average Bonchev–Trinajstić information content (AvgIpc) is 3.15. The lowest BCUT2D eigenvalue weighted by atomic mass is 10.1. The molecule has 0 radical (unpaired) electrons. The van der Waals surface area contributed by atoms with Gasteiger partial charge >= 0.3 is 0 Å². The number of aryl methyl sites for hydroxylation is 2. The van der Waals surface area contributed by atoms with Gasteiger partial charge in [0.2, 0.25) is 0 Å². The number of carbonyl (C=O) groups excluding carboxylic acids is 1. The first-order chi connectivity index (χ1) is 12.9. The highest BCUT2D eigenvalue weighted by Crippen LogP contribution is 2.39. The number of thiophene rings is 1. The fourth-order valence-corrected chi connectivity index (χ4v) is 4.46. The number of rotatable bonds is 3. The number of benzene rings is 2. The molecular weight excluding hydrogens is 401 g/mol. The summed E-state index contributed by atoms with van der Waals surface area (Å²) in [6, 6.07) is 14.6. The molecule has 0 unspecified atom stereocenters. The molecule has 0 saturated heterocycles. The number of hydrogen-bond acceptors (Lipinski definition) is 3. The topological polar surface area (TPSA) is 46.9 Å². The maximum atomic E-state index is 12.5. The Morgan fingerprint density at radius 2 is 1.89 bits per heavy atom. The third-order valence-electron chi connectivity index (χ3n) is 4.34. The molecular formula is C20H15Cl2N3OS. The summed E-state index contributed by atoms with van der Waals surface area (Å²) in [7, 11) is 1.80. The van der Waals surface area contributed by atoms with Crippen LogP contribution in [0.1, 0.15) is 15.9 Å². The van der Waals surface area contributed by atoms with Gasteiger partial charge in [0.15, 0.2) is 0 Å². The van der Waals surface area contributed by atoms with Gasteiger partial charge in [-0.05, 0) is 54.3 Å². The summed E-state index contributed by atoms with van der Waals surface area (Å²) in [6.45, 7) is 2.06. The number of nitrogens with one attached hydrogen (secondary N) is 1. The van der Waals surface area contributed by atoms with Crippen molar-refractivity contribution in [2.45, 2.75) is 6.92 Å². The predicted molar refractivity (Wildman–Crippen MR) is 113 cm³/mol. The van der Waals surface area contributed by atoms with Gasteiger partial charge in [-0.25, -0.2) is 0 Å². The van der Waals surface area contributed by atoms with Crippen LogP contribution < -0.4 is 5.32 Å². The van der Waals surface area contributed by atoms with E-state index in [1.165, 1.54) is 0 Å². The Morgan fingerprint density at radius 1 is 1.11 bits per heavy atom. The predicted octanol–water partition coefficient (Wildman–Crippen LogP) is 6.17. The van der Waals surface area contributed by atoms with Crippen molar-refractivity contribution in [1.29, 1.82) is 0 Å². The summed E-state index contributed by atoms with van der Waals surface area (Å²) in [5.41, 5.74) is 2.44. The van der Waals surface area contributed by atoms with Gasteiger partial charge in [0.1, 0.15) is 11.5 Å². The van der Waals surface area contributed by atoms with Crippen molar-refractivity contribution in [3.05, 3.63) is 69.7 Å². The molecule has 2 heterocycles. The molecule has 0 atom stereocenters. The standard InChI is InChI=1S/C20H15Cl2N3OS/c1-11-15-9-14(22)6-7-17(15)27-19(11)16-10-18(25(2)24-16)23-20(26)12-4-3-5-13(21)8-12/h3-10H,1-2H3,(H,23,26). The van der Waals surface area contributed by atoms with Crippen molar-refractivity contribution < 1.29 is 4.79 Å². The Hall–Kier alpha value is -2.34. The maximum absolute atomic E-state index is 12.5. The van der Waals surface area contributed by atoms with Gasteiger partial charge in [-0.15, -0.1) is 11.3 Å². The molecule has 4 rings (SSSR count). The van der Waals surface area contributed by atoms with Crippen LogP contribution in [0.4, 0.5) is 5.82 Å². The van der Waals surface area contributed by atoms with Gasteiger partial charge in [-0.1, -0.05) is 29.3 Å². The first-order valence-electron chi connectivity index (χ1n) is 8.22. The second-order valence-corrected chi connectivity index (χ2v) is 8.12. The summed E-state index contributed by atoms with van der Waals surface area (Å²) >= 11 is 13.8. The Morgan fingerprint density at radius 3 is 2.67 bits per heavy atom. The fourth-order valence-electron chi connectivity index (χ4n) is 2.95. The zero-order valence-corrected chi connectivity index (χ0v) is 16.9. The van der Waals surface area contributed by atoms with Crippen molar-refractivity contribution in [2.24, 2.45) is 7.05 Å². The van der Waals surface area contributed by atoms with Crippen molar-refractivity contribution in [1.82, 2.24) is 9.78 Å². The van der Waals surface area contributed by atoms with Crippen molar-refractivity contribution >= 4 is 56.3 Å². The minimum absolute atomic E-state index is 0.230. The number of halogens is 2. The Kier molecular flexibility index (Phi) is 4.68. The lowest BCUT2D eigenvalue weighted by Crippen LogP contribution is -2.14. The molecule has 0 saturated carbocycles. The van der Waals surface area contributed by atoms with E-state index >= 15 is 0 Å². The SMILES string of the molecule is Cc1c(-c2cc(NC(=O)c3cccc(Cl)c3)n(C)n2)sc2ccc(Cl)cc12. The molecule has 7 heteroatoms. The molecule has 136 valence electrons. The zero-order chi connectivity index (χ0) is 19.1. The van der Waals surface area contributed by atoms with E-state index in [0.717, 1.165) is 26.2 Å². The Balaban J connectivity index is 1.68. The van der Waals surface area contributed by atoms with E-state index in [0.29, 0.717) is 21.4 Å². The smallest absolute Gasteiger partial charge is 0.256 e. The molecule has 2 aromatic heterocycles. The Labute approximate surface area is 170 Å². The first kappa shape index (κ1) is 18.0. The highest BCUT2D eigenvalue weighted by molar-refractivity contribution is 7.22. The third kappa shape index (κ3) is 3.46. The molecule has 27 heavy (non-hydrogen) atoms. The molecule has 0 aliphatic heterocycles. The normalized spacial score (nSPS) is 11.1. The molecule has 4 aromatic rings. The van der Waals surface area contributed by atoms with Crippen LogP contribution in [-0.4, -0.2) is 15.7 Å². The maximum Gasteiger partial charge on any atom is 0.256 e. The number of nitrogens with zero attached hydrogens (tertiary/aromatic N) is 2. The molecule has 0 aliphatic rings. The molecule has 0 spiro atoms. The van der Waals surface area contributed by atoms with E-state index in [4.69, 9.17) is 23.2 Å². The molecule has 0 aliphatic carbocycles. The minimum atomic E-state index is -0.230. The number of fused-ring (bicyclic) bond motifs is 1. The number of carbonyl (C=O) groups is 1. The van der Waals surface area contributed by atoms with Crippen molar-refractivity contribution in [3.8, 4) is 10.6 Å². The number of aromatic nitrogens is 2. The largest absolute Gasteiger partial charge is 0.307 e. The van der Waals surface area contributed by atoms with Gasteiger partial charge in [0.25, 0.3) is 5.91 Å². The van der Waals surface area contributed by atoms with Crippen LogP contribution in [0.3, 0.4) is 0 Å². The molecule has 1 amide bonds. The highest BCUT2D eigenvalue weighted by atomic mass is 35.5. The third-order valence-corrected chi connectivity index (χ3v) is 6.10. The van der Waals surface area contributed by atoms with Crippen LogP contribution in [-0.2, 0) is 7.05 Å². The second-order valence-electron chi connectivity index (χ2n) is 6.20. The number of hydrogen-bond donors (Lipinski definition) is 1. The van der Waals surface area contributed by atoms with Gasteiger partial charge in [0, 0.05) is 33.4 Å². The second kappa shape index (κ2) is 7.00. The summed E-state index contributed by atoms with van der Waals surface area (Å²) < 4.78 is 2.82. The van der Waals surface area contributed by atoms with Crippen LogP contribution in [0.2, 0.25) is 10.0 Å². The van der Waals surface area contributed by atoms with Gasteiger partial charge < -0.3 is 5.32 Å². The highest BCUT2D eigenvalue weighted by Gasteiger charge is 2.16. The summed E-state index contributed by atoms with van der Waals surface area (Å²) in [4.78, 5) is 13.5. The quantitative estimate of drug-likeness (QED) is 0.434. The van der Waals surface area contributed by atoms with E-state index in [9.17, 15) is 4.79 Å². The number of amides is 1. The van der Waals surface area contributed by atoms with E-state index in [-0.39, 0.29) is 5.91 Å². The van der Waals surface area contributed by atoms with E-state index in [1.54, 1.807) is 47.3 Å². The van der Waals surface area contributed by atoms with E-state index < -0.39 is 0 Å². The molecule has 0 bridgehead atoms. The van der Waals surface area contributed by atoms with E-state index in [2.05, 4.69) is 17.3 Å². The monoisotopic (exact) mass is 415 g/mol. The van der Waals surface area contributed by atoms with Crippen molar-refractivity contribution in [2.75, 3.05) is 5.32 Å². The van der Waals surface area contributed by atoms with E-state index in [1.807, 2.05) is 24.3 Å². The lowest BCUT2D eigenvalue weighted by Gasteiger charge is -2.05. The van der Waals surface area contributed by atoms with Crippen LogP contribution in [0.15, 0.2) is 48.5 Å². The molecule has 4 nitrogen and oxygen atoms in total. The van der Waals surface area contributed by atoms with Crippen LogP contribution in [0, 0.1) is 6.92 Å².